The third-order valence-electron chi connectivity index (χ3n) is 2.92. The molecule has 0 radical (unpaired) electrons. The number of carbonyl (C=O) groups excluding carboxylic acids is 1. The summed E-state index contributed by atoms with van der Waals surface area (Å²) in [5, 5.41) is 4.82. The lowest BCUT2D eigenvalue weighted by molar-refractivity contribution is 0.0957. The van der Waals surface area contributed by atoms with Crippen molar-refractivity contribution in [2.24, 2.45) is 5.10 Å². The highest BCUT2D eigenvalue weighted by Gasteiger charge is 2.10. The highest BCUT2D eigenvalue weighted by atomic mass is 16.2. The van der Waals surface area contributed by atoms with Gasteiger partial charge in [0.2, 0.25) is 0 Å². The quantitative estimate of drug-likeness (QED) is 0.563. The van der Waals surface area contributed by atoms with Crippen LogP contribution in [0.1, 0.15) is 15.9 Å². The largest absolute Gasteiger partial charge is 0.360 e. The van der Waals surface area contributed by atoms with Crippen LogP contribution in [-0.2, 0) is 0 Å². The maximum atomic E-state index is 12.1. The Balaban J connectivity index is 1.75. The summed E-state index contributed by atoms with van der Waals surface area (Å²) in [5.74, 6) is -0.243. The van der Waals surface area contributed by atoms with Crippen molar-refractivity contribution >= 4 is 23.0 Å². The van der Waals surface area contributed by atoms with Crippen LogP contribution >= 0.6 is 0 Å². The number of pyridine rings is 1. The van der Waals surface area contributed by atoms with Crippen molar-refractivity contribution in [3.8, 4) is 0 Å². The molecule has 0 fully saturated rings. The monoisotopic (exact) mass is 264 g/mol. The number of hydrazone groups is 1. The van der Waals surface area contributed by atoms with Gasteiger partial charge in [-0.15, -0.1) is 0 Å². The first-order valence-corrected chi connectivity index (χ1v) is 6.14. The lowest BCUT2D eigenvalue weighted by Gasteiger charge is -1.97. The van der Waals surface area contributed by atoms with E-state index >= 15 is 0 Å². The minimum absolute atomic E-state index is 0.243. The van der Waals surface area contributed by atoms with E-state index in [0.717, 1.165) is 16.5 Å². The average molecular weight is 264 g/mol. The Morgan fingerprint density at radius 2 is 2.00 bits per heavy atom. The van der Waals surface area contributed by atoms with E-state index in [-0.39, 0.29) is 5.91 Å². The van der Waals surface area contributed by atoms with Gasteiger partial charge in [0.25, 0.3) is 5.91 Å². The normalized spacial score (nSPS) is 11.0. The molecule has 0 aliphatic heterocycles. The lowest BCUT2D eigenvalue weighted by atomic mass is 10.2. The van der Waals surface area contributed by atoms with E-state index in [0.29, 0.717) is 5.56 Å². The molecule has 3 aromatic rings. The molecule has 0 aliphatic carbocycles. The number of fused-ring (bicyclic) bond motifs is 1. The van der Waals surface area contributed by atoms with Crippen molar-refractivity contribution in [1.29, 1.82) is 0 Å². The van der Waals surface area contributed by atoms with E-state index in [2.05, 4.69) is 20.5 Å². The second kappa shape index (κ2) is 5.36. The third-order valence-corrected chi connectivity index (χ3v) is 2.92. The number of para-hydroxylation sites is 1. The van der Waals surface area contributed by atoms with Crippen LogP contribution in [0.2, 0.25) is 0 Å². The zero-order valence-corrected chi connectivity index (χ0v) is 10.6. The highest BCUT2D eigenvalue weighted by Crippen LogP contribution is 2.17. The van der Waals surface area contributed by atoms with Gasteiger partial charge in [0.05, 0.1) is 11.8 Å². The van der Waals surface area contributed by atoms with Gasteiger partial charge in [-0.1, -0.05) is 18.2 Å². The number of nitrogens with zero attached hydrogens (tertiary/aromatic N) is 2. The van der Waals surface area contributed by atoms with Crippen LogP contribution in [0.25, 0.3) is 10.9 Å². The number of benzene rings is 1. The molecule has 2 heterocycles. The first-order valence-electron chi connectivity index (χ1n) is 6.14. The average Bonchev–Trinajstić information content (AvgIpc) is 2.92. The molecular weight excluding hydrogens is 252 g/mol. The standard InChI is InChI=1S/C15H12N4O/c20-15(19-18-9-11-5-7-16-8-6-11)13-10-17-14-4-2-1-3-12(13)14/h1-10,17H,(H,19,20)/b18-9+. The fourth-order valence-corrected chi connectivity index (χ4v) is 1.93. The molecule has 0 unspecified atom stereocenters. The number of nitrogens with one attached hydrogen (secondary N) is 2. The fourth-order valence-electron chi connectivity index (χ4n) is 1.93. The Kier molecular flexibility index (Phi) is 3.24. The van der Waals surface area contributed by atoms with Gasteiger partial charge in [0, 0.05) is 29.5 Å². The molecule has 20 heavy (non-hydrogen) atoms. The van der Waals surface area contributed by atoms with Crippen molar-refractivity contribution in [1.82, 2.24) is 15.4 Å². The summed E-state index contributed by atoms with van der Waals surface area (Å²) in [6.45, 7) is 0. The zero-order valence-electron chi connectivity index (χ0n) is 10.6. The fraction of sp³-hybridized carbons (Fsp3) is 0. The van der Waals surface area contributed by atoms with Gasteiger partial charge in [-0.3, -0.25) is 9.78 Å². The molecule has 0 aliphatic rings. The van der Waals surface area contributed by atoms with Gasteiger partial charge < -0.3 is 4.98 Å². The van der Waals surface area contributed by atoms with E-state index < -0.39 is 0 Å². The number of aromatic amines is 1. The van der Waals surface area contributed by atoms with E-state index in [1.807, 2.05) is 24.3 Å². The Morgan fingerprint density at radius 1 is 1.20 bits per heavy atom. The van der Waals surface area contributed by atoms with Crippen LogP contribution < -0.4 is 5.43 Å². The van der Waals surface area contributed by atoms with Gasteiger partial charge in [-0.2, -0.15) is 5.10 Å². The van der Waals surface area contributed by atoms with E-state index in [1.54, 1.807) is 36.9 Å². The number of carbonyl (C=O) groups is 1. The van der Waals surface area contributed by atoms with Crippen molar-refractivity contribution in [3.05, 3.63) is 66.1 Å². The predicted octanol–water partition coefficient (Wildman–Crippen LogP) is 2.33. The number of rotatable bonds is 3. The van der Waals surface area contributed by atoms with Gasteiger partial charge in [-0.25, -0.2) is 5.43 Å². The molecule has 3 rings (SSSR count). The zero-order chi connectivity index (χ0) is 13.8. The van der Waals surface area contributed by atoms with Crippen LogP contribution in [0.3, 0.4) is 0 Å². The summed E-state index contributed by atoms with van der Waals surface area (Å²) in [6, 6.07) is 11.2. The summed E-state index contributed by atoms with van der Waals surface area (Å²) >= 11 is 0. The van der Waals surface area contributed by atoms with Crippen LogP contribution in [-0.4, -0.2) is 22.1 Å². The number of H-pyrrole nitrogens is 1. The van der Waals surface area contributed by atoms with E-state index in [1.165, 1.54) is 0 Å². The number of aromatic nitrogens is 2. The van der Waals surface area contributed by atoms with Gasteiger partial charge in [0.15, 0.2) is 0 Å². The Morgan fingerprint density at radius 3 is 2.85 bits per heavy atom. The molecule has 98 valence electrons. The summed E-state index contributed by atoms with van der Waals surface area (Å²) in [7, 11) is 0. The topological polar surface area (TPSA) is 70.1 Å². The SMILES string of the molecule is O=C(N/N=C/c1ccncc1)c1c[nH]c2ccccc12. The minimum Gasteiger partial charge on any atom is -0.360 e. The second-order valence-electron chi connectivity index (χ2n) is 4.23. The molecule has 0 saturated carbocycles. The Bertz CT molecular complexity index is 762. The maximum absolute atomic E-state index is 12.1. The third kappa shape index (κ3) is 2.42. The van der Waals surface area contributed by atoms with Gasteiger partial charge >= 0.3 is 0 Å². The van der Waals surface area contributed by atoms with E-state index in [4.69, 9.17) is 0 Å². The van der Waals surface area contributed by atoms with E-state index in [9.17, 15) is 4.79 Å². The highest BCUT2D eigenvalue weighted by molar-refractivity contribution is 6.06. The first-order chi connectivity index (χ1) is 9.84. The lowest BCUT2D eigenvalue weighted by Crippen LogP contribution is -2.17. The second-order valence-corrected chi connectivity index (χ2v) is 4.23. The Labute approximate surface area is 115 Å². The molecular formula is C15H12N4O. The summed E-state index contributed by atoms with van der Waals surface area (Å²) in [6.07, 6.45) is 6.60. The number of hydrogen-bond acceptors (Lipinski definition) is 3. The molecule has 0 bridgehead atoms. The summed E-state index contributed by atoms with van der Waals surface area (Å²) in [5.41, 5.74) is 4.89. The smallest absolute Gasteiger partial charge is 0.273 e. The van der Waals surface area contributed by atoms with Crippen LogP contribution in [0.5, 0.6) is 0 Å². The molecule has 5 heteroatoms. The van der Waals surface area contributed by atoms with Crippen molar-refractivity contribution < 1.29 is 4.79 Å². The van der Waals surface area contributed by atoms with Crippen molar-refractivity contribution in [2.45, 2.75) is 0 Å². The number of hydrogen-bond donors (Lipinski definition) is 2. The van der Waals surface area contributed by atoms with Gasteiger partial charge in [-0.05, 0) is 23.8 Å². The van der Waals surface area contributed by atoms with Crippen LogP contribution in [0, 0.1) is 0 Å². The molecule has 0 saturated heterocycles. The van der Waals surface area contributed by atoms with Crippen molar-refractivity contribution in [3.63, 3.8) is 0 Å². The molecule has 5 nitrogen and oxygen atoms in total. The van der Waals surface area contributed by atoms with Crippen LogP contribution in [0.15, 0.2) is 60.1 Å². The Hall–Kier alpha value is -2.95. The summed E-state index contributed by atoms with van der Waals surface area (Å²) < 4.78 is 0. The molecule has 0 atom stereocenters. The number of amides is 1. The molecule has 1 amide bonds. The maximum Gasteiger partial charge on any atom is 0.273 e. The van der Waals surface area contributed by atoms with Crippen molar-refractivity contribution in [2.75, 3.05) is 0 Å². The molecule has 0 spiro atoms. The molecule has 2 N–H and O–H groups in total. The van der Waals surface area contributed by atoms with Crippen LogP contribution in [0.4, 0.5) is 0 Å². The predicted molar refractivity (Wildman–Crippen MR) is 77.6 cm³/mol. The summed E-state index contributed by atoms with van der Waals surface area (Å²) in [4.78, 5) is 19.0. The van der Waals surface area contributed by atoms with Gasteiger partial charge in [0.1, 0.15) is 0 Å². The minimum atomic E-state index is -0.243. The molecule has 1 aromatic carbocycles. The first kappa shape index (κ1) is 12.1. The molecule has 2 aromatic heterocycles.